The molecule has 0 saturated carbocycles. The summed E-state index contributed by atoms with van der Waals surface area (Å²) in [6.45, 7) is 3.53. The number of hydrogen-bond donors (Lipinski definition) is 1. The van der Waals surface area contributed by atoms with Gasteiger partial charge in [-0.1, -0.05) is 13.8 Å². The number of hydrogen-bond acceptors (Lipinski definition) is 6. The van der Waals surface area contributed by atoms with E-state index in [0.717, 1.165) is 7.11 Å². The first-order valence-electron chi connectivity index (χ1n) is 4.88. The van der Waals surface area contributed by atoms with Crippen molar-refractivity contribution in [1.29, 1.82) is 0 Å². The van der Waals surface area contributed by atoms with Gasteiger partial charge in [-0.25, -0.2) is 0 Å². The van der Waals surface area contributed by atoms with E-state index >= 15 is 0 Å². The third-order valence-electron chi connectivity index (χ3n) is 1.76. The van der Waals surface area contributed by atoms with E-state index in [-0.39, 0.29) is 42.1 Å². The van der Waals surface area contributed by atoms with Gasteiger partial charge in [-0.15, -0.1) is 0 Å². The third kappa shape index (κ3) is 8.04. The van der Waals surface area contributed by atoms with Gasteiger partial charge in [0, 0.05) is 0 Å². The molecule has 1 unspecified atom stereocenters. The number of ether oxygens (including phenoxy) is 2. The van der Waals surface area contributed by atoms with E-state index in [2.05, 4.69) is 9.47 Å². The molecule has 1 N–H and O–H groups in total. The van der Waals surface area contributed by atoms with Crippen molar-refractivity contribution in [3.8, 4) is 0 Å². The molecule has 0 heterocycles. The molecular formula is C9H17NaO7S. The Hall–Kier alpha value is -0.150. The average molecular weight is 292 g/mol. The summed E-state index contributed by atoms with van der Waals surface area (Å²) in [4.78, 5) is 22.3. The second-order valence-electron chi connectivity index (χ2n) is 3.81. The minimum absolute atomic E-state index is 0. The summed E-state index contributed by atoms with van der Waals surface area (Å²) in [5, 5.41) is -1.94. The van der Waals surface area contributed by atoms with E-state index in [4.69, 9.17) is 4.55 Å². The van der Waals surface area contributed by atoms with Crippen molar-refractivity contribution in [1.82, 2.24) is 0 Å². The summed E-state index contributed by atoms with van der Waals surface area (Å²) >= 11 is 0. The predicted octanol–water partition coefficient (Wildman–Crippen LogP) is -0.643. The maximum atomic E-state index is 11.4. The monoisotopic (exact) mass is 292 g/mol. The van der Waals surface area contributed by atoms with Crippen molar-refractivity contribution < 1.29 is 32.0 Å². The van der Waals surface area contributed by atoms with Gasteiger partial charge in [-0.3, -0.25) is 14.1 Å². The molecule has 0 aliphatic heterocycles. The molecule has 0 spiro atoms. The SMILES string of the molecule is COC(=O)CC(C(=O)OCC(C)C)S(=O)(=O)O.[NaH]. The molecule has 0 amide bonds. The molecule has 0 saturated heterocycles. The third-order valence-corrected chi connectivity index (χ3v) is 2.84. The zero-order chi connectivity index (χ0) is 13.6. The molecule has 0 bridgehead atoms. The zero-order valence-corrected chi connectivity index (χ0v) is 10.7. The number of esters is 2. The first kappa shape index (κ1) is 20.2. The van der Waals surface area contributed by atoms with Crippen LogP contribution in [-0.2, 0) is 29.2 Å². The van der Waals surface area contributed by atoms with Crippen molar-refractivity contribution in [3.05, 3.63) is 0 Å². The fourth-order valence-electron chi connectivity index (χ4n) is 0.887. The van der Waals surface area contributed by atoms with Gasteiger partial charge < -0.3 is 9.47 Å². The van der Waals surface area contributed by atoms with Crippen molar-refractivity contribution in [3.63, 3.8) is 0 Å². The van der Waals surface area contributed by atoms with Crippen molar-refractivity contribution >= 4 is 51.6 Å². The quantitative estimate of drug-likeness (QED) is 0.394. The molecule has 102 valence electrons. The van der Waals surface area contributed by atoms with E-state index in [9.17, 15) is 18.0 Å². The van der Waals surface area contributed by atoms with E-state index in [0.29, 0.717) is 0 Å². The number of carbonyl (C=O) groups is 2. The van der Waals surface area contributed by atoms with Gasteiger partial charge in [-0.2, -0.15) is 8.42 Å². The molecule has 0 aromatic carbocycles. The van der Waals surface area contributed by atoms with Gasteiger partial charge in [0.2, 0.25) is 0 Å². The second-order valence-corrected chi connectivity index (χ2v) is 5.41. The molecule has 1 atom stereocenters. The van der Waals surface area contributed by atoms with Crippen molar-refractivity contribution in [2.45, 2.75) is 25.5 Å². The molecule has 0 aliphatic rings. The topological polar surface area (TPSA) is 107 Å². The first-order valence-corrected chi connectivity index (χ1v) is 6.38. The Morgan fingerprint density at radius 2 is 1.78 bits per heavy atom. The number of carbonyl (C=O) groups excluding carboxylic acids is 2. The van der Waals surface area contributed by atoms with Gasteiger partial charge in [-0.05, 0) is 5.92 Å². The Kier molecular flexibility index (Phi) is 9.94. The molecular weight excluding hydrogens is 275 g/mol. The van der Waals surface area contributed by atoms with Crippen LogP contribution in [0.5, 0.6) is 0 Å². The standard InChI is InChI=1S/C9H16O7S.Na.H/c1-6(2)5-16-9(11)7(17(12,13)14)4-8(10)15-3;;/h6-7H,4-5H2,1-3H3,(H,12,13,14);;. The van der Waals surface area contributed by atoms with Gasteiger partial charge >= 0.3 is 41.5 Å². The molecule has 0 aliphatic carbocycles. The van der Waals surface area contributed by atoms with Crippen LogP contribution in [0.15, 0.2) is 0 Å². The normalized spacial score (nSPS) is 12.5. The molecule has 0 aromatic rings. The number of rotatable bonds is 6. The molecule has 9 heteroatoms. The summed E-state index contributed by atoms with van der Waals surface area (Å²) < 4.78 is 39.5. The molecule has 0 aromatic heterocycles. The summed E-state index contributed by atoms with van der Waals surface area (Å²) in [6, 6.07) is 0. The van der Waals surface area contributed by atoms with Crippen LogP contribution < -0.4 is 0 Å². The van der Waals surface area contributed by atoms with Crippen LogP contribution in [0.4, 0.5) is 0 Å². The van der Waals surface area contributed by atoms with Crippen LogP contribution in [0.2, 0.25) is 0 Å². The molecule has 7 nitrogen and oxygen atoms in total. The van der Waals surface area contributed by atoms with Crippen molar-refractivity contribution in [2.75, 3.05) is 13.7 Å². The van der Waals surface area contributed by atoms with Crippen molar-refractivity contribution in [2.24, 2.45) is 5.92 Å². The fraction of sp³-hybridized carbons (Fsp3) is 0.778. The summed E-state index contributed by atoms with van der Waals surface area (Å²) in [6.07, 6.45) is -0.772. The molecule has 0 radical (unpaired) electrons. The summed E-state index contributed by atoms with van der Waals surface area (Å²) in [5.74, 6) is -2.07. The van der Waals surface area contributed by atoms with Gasteiger partial charge in [0.1, 0.15) is 0 Å². The Morgan fingerprint density at radius 3 is 2.11 bits per heavy atom. The van der Waals surface area contributed by atoms with Gasteiger partial charge in [0.05, 0.1) is 20.1 Å². The van der Waals surface area contributed by atoms with E-state index in [1.54, 1.807) is 13.8 Å². The van der Waals surface area contributed by atoms with E-state index in [1.165, 1.54) is 0 Å². The van der Waals surface area contributed by atoms with Crippen LogP contribution >= 0.6 is 0 Å². The van der Waals surface area contributed by atoms with E-state index < -0.39 is 33.7 Å². The van der Waals surface area contributed by atoms with Crippen LogP contribution in [0, 0.1) is 5.92 Å². The Morgan fingerprint density at radius 1 is 1.28 bits per heavy atom. The summed E-state index contributed by atoms with van der Waals surface area (Å²) in [7, 11) is -3.65. The second kappa shape index (κ2) is 8.87. The fourth-order valence-corrected chi connectivity index (χ4v) is 1.54. The first-order chi connectivity index (χ1) is 7.68. The van der Waals surface area contributed by atoms with Crippen LogP contribution in [0.3, 0.4) is 0 Å². The molecule has 0 fully saturated rings. The summed E-state index contributed by atoms with van der Waals surface area (Å²) in [5.41, 5.74) is 0. The minimum atomic E-state index is -4.69. The molecule has 0 rings (SSSR count). The Balaban J connectivity index is 0. The molecule has 18 heavy (non-hydrogen) atoms. The predicted molar refractivity (Wildman–Crippen MR) is 64.9 cm³/mol. The van der Waals surface area contributed by atoms with Crippen LogP contribution in [-0.4, -0.2) is 73.4 Å². The van der Waals surface area contributed by atoms with E-state index in [1.807, 2.05) is 0 Å². The number of methoxy groups -OCH3 is 1. The maximum absolute atomic E-state index is 11.4. The Labute approximate surface area is 128 Å². The Bertz CT molecular complexity index is 376. The zero-order valence-electron chi connectivity index (χ0n) is 9.87. The van der Waals surface area contributed by atoms with Gasteiger partial charge in [0.25, 0.3) is 10.1 Å². The van der Waals surface area contributed by atoms with Crippen LogP contribution in [0.25, 0.3) is 0 Å². The average Bonchev–Trinajstić information content (AvgIpc) is 2.20. The van der Waals surface area contributed by atoms with Gasteiger partial charge in [0.15, 0.2) is 5.25 Å². The van der Waals surface area contributed by atoms with Crippen LogP contribution in [0.1, 0.15) is 20.3 Å².